The first-order valence-corrected chi connectivity index (χ1v) is 14.6. The maximum atomic E-state index is 10.9. The number of nitrogens with two attached hydrogens (primary N) is 1. The molecule has 4 aromatic carbocycles. The first kappa shape index (κ1) is 33.8. The van der Waals surface area contributed by atoms with Crippen LogP contribution in [0, 0.1) is 6.92 Å². The summed E-state index contributed by atoms with van der Waals surface area (Å²) in [6, 6.07) is 19.0. The molecule has 0 unspecified atom stereocenters. The molecule has 12 heteroatoms. The molecule has 0 amide bonds. The number of benzene rings is 4. The predicted octanol–water partition coefficient (Wildman–Crippen LogP) is 8.38. The number of rotatable bonds is 5. The number of aryl methyl sites for hydroxylation is 1. The molecular weight excluding hydrogens is 542 g/mol. The lowest BCUT2D eigenvalue weighted by Crippen LogP contribution is -1.92. The molecule has 0 aliphatic heterocycles. The van der Waals surface area contributed by atoms with E-state index in [-0.39, 0.29) is 11.4 Å². The lowest BCUT2D eigenvalue weighted by Gasteiger charge is -2.12. The highest BCUT2D eigenvalue weighted by Gasteiger charge is 2.17. The summed E-state index contributed by atoms with van der Waals surface area (Å²) in [4.78, 5) is 0.400. The molecule has 212 valence electrons. The second-order valence-corrected chi connectivity index (χ2v) is 10.1. The van der Waals surface area contributed by atoms with Crippen molar-refractivity contribution in [1.29, 1.82) is 0 Å². The van der Waals surface area contributed by atoms with Crippen molar-refractivity contribution in [3.63, 3.8) is 0 Å². The van der Waals surface area contributed by atoms with Gasteiger partial charge in [0.15, 0.2) is 5.75 Å². The van der Waals surface area contributed by atoms with Crippen molar-refractivity contribution in [3.8, 4) is 5.75 Å². The largest absolute Gasteiger partial charge is 0.505 e. The van der Waals surface area contributed by atoms with Gasteiger partial charge in [0.25, 0.3) is 10.1 Å². The van der Waals surface area contributed by atoms with Crippen molar-refractivity contribution in [2.75, 3.05) is 12.0 Å². The van der Waals surface area contributed by atoms with Crippen LogP contribution in [0.5, 0.6) is 5.75 Å². The highest BCUT2D eigenvalue weighted by atomic mass is 32.2. The van der Waals surface area contributed by atoms with E-state index >= 15 is 0 Å². The molecule has 0 saturated heterocycles. The summed E-state index contributed by atoms with van der Waals surface area (Å²) >= 11 is 0.697. The number of hydrogen-bond acceptors (Lipinski definition) is 10. The molecule has 4 rings (SSSR count). The SMILES string of the molecule is CC.CCC.CS(=O)(=O)O.Cc1ccc2cc(SOOO)c(N=Nc3ccc4ccccc4c3)c(O)c2c1N. The van der Waals surface area contributed by atoms with Crippen LogP contribution in [0.15, 0.2) is 75.8 Å². The number of anilines is 1. The molecule has 0 aliphatic carbocycles. The molecule has 0 aromatic heterocycles. The van der Waals surface area contributed by atoms with Gasteiger partial charge in [0.05, 0.1) is 28.9 Å². The molecule has 39 heavy (non-hydrogen) atoms. The second kappa shape index (κ2) is 16.6. The average molecular weight is 578 g/mol. The Kier molecular flexibility index (Phi) is 14.4. The molecule has 5 N–H and O–H groups in total. The fourth-order valence-corrected chi connectivity index (χ4v) is 3.62. The highest BCUT2D eigenvalue weighted by Crippen LogP contribution is 2.46. The van der Waals surface area contributed by atoms with Crippen LogP contribution in [-0.2, 0) is 19.5 Å². The Hall–Kier alpha value is -3.26. The van der Waals surface area contributed by atoms with Gasteiger partial charge in [-0.15, -0.1) is 9.45 Å². The van der Waals surface area contributed by atoms with Gasteiger partial charge in [-0.1, -0.05) is 81.6 Å². The van der Waals surface area contributed by atoms with Gasteiger partial charge in [-0.2, -0.15) is 13.5 Å². The Morgan fingerprint density at radius 1 is 0.949 bits per heavy atom. The van der Waals surface area contributed by atoms with Crippen molar-refractivity contribution in [2.45, 2.75) is 45.9 Å². The highest BCUT2D eigenvalue weighted by molar-refractivity contribution is 7.94. The number of azo groups is 1. The maximum Gasteiger partial charge on any atom is 0.261 e. The fraction of sp³-hybridized carbons (Fsp3) is 0.259. The Bertz CT molecular complexity index is 1490. The minimum Gasteiger partial charge on any atom is -0.505 e. The molecule has 0 bridgehead atoms. The van der Waals surface area contributed by atoms with Crippen LogP contribution in [-0.4, -0.2) is 29.6 Å². The van der Waals surface area contributed by atoms with Gasteiger partial charge in [0, 0.05) is 11.1 Å². The third kappa shape index (κ3) is 10.8. The Balaban J connectivity index is 0.000000663. The van der Waals surface area contributed by atoms with Crippen molar-refractivity contribution < 1.29 is 32.7 Å². The zero-order valence-electron chi connectivity index (χ0n) is 22.7. The first-order chi connectivity index (χ1) is 18.5. The van der Waals surface area contributed by atoms with E-state index in [1.165, 1.54) is 6.42 Å². The topological polar surface area (TPSA) is 164 Å². The smallest absolute Gasteiger partial charge is 0.261 e. The monoisotopic (exact) mass is 577 g/mol. The minimum absolute atomic E-state index is 0.128. The van der Waals surface area contributed by atoms with E-state index in [9.17, 15) is 13.5 Å². The van der Waals surface area contributed by atoms with Gasteiger partial charge in [-0.3, -0.25) is 4.55 Å². The molecule has 0 atom stereocenters. The summed E-state index contributed by atoms with van der Waals surface area (Å²) in [5.74, 6) is -0.128. The Morgan fingerprint density at radius 3 is 2.10 bits per heavy atom. The third-order valence-electron chi connectivity index (χ3n) is 4.63. The Labute approximate surface area is 233 Å². The third-order valence-corrected chi connectivity index (χ3v) is 5.25. The van der Waals surface area contributed by atoms with E-state index in [1.54, 1.807) is 6.07 Å². The van der Waals surface area contributed by atoms with Crippen molar-refractivity contribution >= 4 is 60.8 Å². The van der Waals surface area contributed by atoms with Gasteiger partial charge in [0.1, 0.15) is 5.69 Å². The fourth-order valence-electron chi connectivity index (χ4n) is 3.13. The second-order valence-electron chi connectivity index (χ2n) is 7.86. The normalized spacial score (nSPS) is 10.8. The number of nitrogen functional groups attached to an aromatic ring is 1. The molecule has 10 nitrogen and oxygen atoms in total. The van der Waals surface area contributed by atoms with Gasteiger partial charge in [0.2, 0.25) is 0 Å². The van der Waals surface area contributed by atoms with E-state index in [0.29, 0.717) is 45.3 Å². The van der Waals surface area contributed by atoms with E-state index in [2.05, 4.69) is 33.4 Å². The van der Waals surface area contributed by atoms with Crippen molar-refractivity contribution in [3.05, 3.63) is 66.2 Å². The van der Waals surface area contributed by atoms with Crippen LogP contribution in [0.4, 0.5) is 17.1 Å². The van der Waals surface area contributed by atoms with Crippen LogP contribution >= 0.6 is 12.0 Å². The van der Waals surface area contributed by atoms with Gasteiger partial charge >= 0.3 is 0 Å². The van der Waals surface area contributed by atoms with Crippen molar-refractivity contribution in [1.82, 2.24) is 0 Å². The van der Waals surface area contributed by atoms with Crippen LogP contribution in [0.3, 0.4) is 0 Å². The summed E-state index contributed by atoms with van der Waals surface area (Å²) < 4.78 is 30.4. The van der Waals surface area contributed by atoms with E-state index < -0.39 is 10.1 Å². The molecule has 0 radical (unpaired) electrons. The number of aromatic hydroxyl groups is 1. The van der Waals surface area contributed by atoms with E-state index in [1.807, 2.05) is 75.4 Å². The molecule has 0 saturated carbocycles. The van der Waals surface area contributed by atoms with Crippen LogP contribution in [0.2, 0.25) is 0 Å². The van der Waals surface area contributed by atoms with Gasteiger partial charge < -0.3 is 10.8 Å². The number of phenols is 1. The maximum absolute atomic E-state index is 10.9. The molecular formula is C27H35N3O7S2. The number of fused-ring (bicyclic) bond motifs is 2. The molecule has 0 heterocycles. The first-order valence-electron chi connectivity index (χ1n) is 12.0. The summed E-state index contributed by atoms with van der Waals surface area (Å²) in [5.41, 5.74) is 8.24. The zero-order chi connectivity index (χ0) is 29.6. The lowest BCUT2D eigenvalue weighted by molar-refractivity contribution is -0.432. The lowest BCUT2D eigenvalue weighted by atomic mass is 10.0. The molecule has 0 fully saturated rings. The average Bonchev–Trinajstić information content (AvgIpc) is 2.89. The minimum atomic E-state index is -3.67. The summed E-state index contributed by atoms with van der Waals surface area (Å²) in [6.07, 6.45) is 1.97. The van der Waals surface area contributed by atoms with Gasteiger partial charge in [-0.25, -0.2) is 5.26 Å². The standard InChI is InChI=1S/C21H17N3O4S.C3H8.C2H6.CH4O3S/c1-12-6-7-15-11-17(29-28-27-26)20(21(25)18(15)19(12)22)24-23-16-9-8-13-4-2-3-5-14(13)10-16;1-3-2;1-2;1-5(2,3)4/h2-11,25-26H,22H2,1H3;3H2,1-2H3;1-2H3;1H3,(H,2,3,4). The van der Waals surface area contributed by atoms with Crippen molar-refractivity contribution in [2.24, 2.45) is 10.2 Å². The number of phenolic OH excluding ortho intramolecular Hbond substituents is 1. The molecule has 4 aromatic rings. The van der Waals surface area contributed by atoms with E-state index in [4.69, 9.17) is 15.5 Å². The van der Waals surface area contributed by atoms with Crippen LogP contribution < -0.4 is 5.73 Å². The number of hydrogen-bond donors (Lipinski definition) is 4. The van der Waals surface area contributed by atoms with E-state index in [0.717, 1.165) is 16.3 Å². The molecule has 0 spiro atoms. The van der Waals surface area contributed by atoms with Gasteiger partial charge in [-0.05, 0) is 46.8 Å². The van der Waals surface area contributed by atoms with Crippen LogP contribution in [0.1, 0.15) is 39.7 Å². The Morgan fingerprint density at radius 2 is 1.51 bits per heavy atom. The predicted molar refractivity (Wildman–Crippen MR) is 158 cm³/mol. The summed E-state index contributed by atoms with van der Waals surface area (Å²) in [6.45, 7) is 10.1. The number of nitrogens with zero attached hydrogens (tertiary/aromatic N) is 2. The molecule has 0 aliphatic rings. The quantitative estimate of drug-likeness (QED) is 0.0455. The summed E-state index contributed by atoms with van der Waals surface area (Å²) in [7, 11) is -3.67. The zero-order valence-corrected chi connectivity index (χ0v) is 24.4. The summed E-state index contributed by atoms with van der Waals surface area (Å²) in [5, 5.41) is 34.9. The van der Waals surface area contributed by atoms with Crippen LogP contribution in [0.25, 0.3) is 21.5 Å².